The second-order valence-corrected chi connectivity index (χ2v) is 5.93. The van der Waals surface area contributed by atoms with Gasteiger partial charge in [-0.2, -0.15) is 0 Å². The molecule has 0 bridgehead atoms. The van der Waals surface area contributed by atoms with Crippen LogP contribution in [0.15, 0.2) is 18.2 Å². The molecule has 21 heavy (non-hydrogen) atoms. The number of likely N-dealkylation sites (N-methyl/N-ethyl adjacent to an activating group) is 1. The molecule has 5 nitrogen and oxygen atoms in total. The smallest absolute Gasteiger partial charge is 0.311 e. The van der Waals surface area contributed by atoms with E-state index in [4.69, 9.17) is 4.74 Å². The molecule has 0 aliphatic carbocycles. The Bertz CT molecular complexity index is 566. The van der Waals surface area contributed by atoms with Gasteiger partial charge in [0.05, 0.1) is 24.8 Å². The van der Waals surface area contributed by atoms with Crippen LogP contribution in [-0.4, -0.2) is 47.7 Å². The SMILES string of the molecule is CCN(C(=O)c1ccc(F)cc1I)C1COCC1C(=O)O. The van der Waals surface area contributed by atoms with Crippen LogP contribution in [-0.2, 0) is 9.53 Å². The lowest BCUT2D eigenvalue weighted by Gasteiger charge is -2.29. The van der Waals surface area contributed by atoms with Crippen LogP contribution in [0.1, 0.15) is 17.3 Å². The quantitative estimate of drug-likeness (QED) is 0.776. The highest BCUT2D eigenvalue weighted by Crippen LogP contribution is 2.24. The molecule has 0 saturated carbocycles. The van der Waals surface area contributed by atoms with Gasteiger partial charge in [-0.15, -0.1) is 0 Å². The van der Waals surface area contributed by atoms with Crippen molar-refractivity contribution in [3.63, 3.8) is 0 Å². The van der Waals surface area contributed by atoms with Crippen LogP contribution in [0.3, 0.4) is 0 Å². The molecule has 1 aliphatic rings. The lowest BCUT2D eigenvalue weighted by atomic mass is 10.0. The minimum atomic E-state index is -0.974. The predicted octanol–water partition coefficient (Wildman–Crippen LogP) is 1.99. The lowest BCUT2D eigenvalue weighted by molar-refractivity contribution is -0.142. The van der Waals surface area contributed by atoms with Crippen LogP contribution in [0, 0.1) is 15.3 Å². The average molecular weight is 407 g/mol. The molecule has 0 aromatic heterocycles. The van der Waals surface area contributed by atoms with E-state index in [0.717, 1.165) is 0 Å². The van der Waals surface area contributed by atoms with Gasteiger partial charge in [0.25, 0.3) is 5.91 Å². The van der Waals surface area contributed by atoms with Crippen molar-refractivity contribution in [1.82, 2.24) is 4.90 Å². The Labute approximate surface area is 135 Å². The highest BCUT2D eigenvalue weighted by Gasteiger charge is 2.39. The summed E-state index contributed by atoms with van der Waals surface area (Å²) in [5.41, 5.74) is 0.370. The van der Waals surface area contributed by atoms with E-state index in [1.165, 1.54) is 23.1 Å². The third kappa shape index (κ3) is 3.34. The number of hydrogen-bond acceptors (Lipinski definition) is 3. The van der Waals surface area contributed by atoms with Crippen LogP contribution in [0.2, 0.25) is 0 Å². The van der Waals surface area contributed by atoms with E-state index in [2.05, 4.69) is 0 Å². The van der Waals surface area contributed by atoms with Crippen LogP contribution < -0.4 is 0 Å². The van der Waals surface area contributed by atoms with Gasteiger partial charge in [0.1, 0.15) is 11.7 Å². The number of nitrogens with zero attached hydrogens (tertiary/aromatic N) is 1. The Hall–Kier alpha value is -1.22. The van der Waals surface area contributed by atoms with Crippen LogP contribution in [0.25, 0.3) is 0 Å². The van der Waals surface area contributed by atoms with Crippen molar-refractivity contribution in [2.75, 3.05) is 19.8 Å². The number of ether oxygens (including phenoxy) is 1. The Balaban J connectivity index is 2.28. The van der Waals surface area contributed by atoms with Crippen molar-refractivity contribution in [1.29, 1.82) is 0 Å². The van der Waals surface area contributed by atoms with E-state index >= 15 is 0 Å². The maximum atomic E-state index is 13.1. The number of hydrogen-bond donors (Lipinski definition) is 1. The van der Waals surface area contributed by atoms with E-state index < -0.39 is 23.7 Å². The van der Waals surface area contributed by atoms with Crippen molar-refractivity contribution in [2.24, 2.45) is 5.92 Å². The van der Waals surface area contributed by atoms with E-state index in [1.54, 1.807) is 6.92 Å². The minimum absolute atomic E-state index is 0.101. The second-order valence-electron chi connectivity index (χ2n) is 4.76. The zero-order chi connectivity index (χ0) is 15.6. The molecule has 1 aromatic carbocycles. The van der Waals surface area contributed by atoms with Gasteiger partial charge >= 0.3 is 5.97 Å². The molecule has 114 valence electrons. The standard InChI is InChI=1S/C14H15FINO4/c1-2-17(12-7-21-6-10(12)14(19)20)13(18)9-4-3-8(15)5-11(9)16/h3-5,10,12H,2,6-7H2,1H3,(H,19,20). The number of carboxylic acids is 1. The van der Waals surface area contributed by atoms with Crippen LogP contribution in [0.5, 0.6) is 0 Å². The molecular formula is C14H15FINO4. The molecule has 1 fully saturated rings. The summed E-state index contributed by atoms with van der Waals surface area (Å²) in [6, 6.07) is 3.43. The summed E-state index contributed by atoms with van der Waals surface area (Å²) in [6.45, 7) is 2.45. The average Bonchev–Trinajstić information content (AvgIpc) is 2.88. The first-order valence-electron chi connectivity index (χ1n) is 6.52. The molecule has 0 radical (unpaired) electrons. The van der Waals surface area contributed by atoms with Gasteiger partial charge in [0.15, 0.2) is 0 Å². The zero-order valence-electron chi connectivity index (χ0n) is 11.4. The number of carboxylic acid groups (broad SMARTS) is 1. The number of amides is 1. The molecular weight excluding hydrogens is 392 g/mol. The highest BCUT2D eigenvalue weighted by atomic mass is 127. The maximum absolute atomic E-state index is 13.1. The maximum Gasteiger partial charge on any atom is 0.311 e. The normalized spacial score (nSPS) is 21.3. The second kappa shape index (κ2) is 6.69. The van der Waals surface area contributed by atoms with Gasteiger partial charge in [-0.3, -0.25) is 9.59 Å². The number of halogens is 2. The Kier molecular flexibility index (Phi) is 5.15. The summed E-state index contributed by atoms with van der Waals surface area (Å²) in [5.74, 6) is -2.42. The van der Waals surface area contributed by atoms with Crippen LogP contribution >= 0.6 is 22.6 Å². The number of rotatable bonds is 4. The van der Waals surface area contributed by atoms with Crippen molar-refractivity contribution >= 4 is 34.5 Å². The number of carbonyl (C=O) groups excluding carboxylic acids is 1. The summed E-state index contributed by atoms with van der Waals surface area (Å²) in [6.07, 6.45) is 0. The fraction of sp³-hybridized carbons (Fsp3) is 0.429. The molecule has 1 saturated heterocycles. The van der Waals surface area contributed by atoms with Crippen LogP contribution in [0.4, 0.5) is 4.39 Å². The molecule has 2 unspecified atom stereocenters. The van der Waals surface area contributed by atoms with Gasteiger partial charge in [-0.25, -0.2) is 4.39 Å². The predicted molar refractivity (Wildman–Crippen MR) is 81.6 cm³/mol. The molecule has 1 heterocycles. The van der Waals surface area contributed by atoms with Crippen molar-refractivity contribution < 1.29 is 23.8 Å². The van der Waals surface area contributed by atoms with Crippen molar-refractivity contribution in [3.05, 3.63) is 33.1 Å². The van der Waals surface area contributed by atoms with Gasteiger partial charge in [-0.1, -0.05) is 0 Å². The minimum Gasteiger partial charge on any atom is -0.481 e. The zero-order valence-corrected chi connectivity index (χ0v) is 13.5. The summed E-state index contributed by atoms with van der Waals surface area (Å²) in [4.78, 5) is 25.3. The summed E-state index contributed by atoms with van der Waals surface area (Å²) < 4.78 is 18.8. The summed E-state index contributed by atoms with van der Waals surface area (Å²) in [5, 5.41) is 9.20. The molecule has 2 rings (SSSR count). The molecule has 0 spiro atoms. The lowest BCUT2D eigenvalue weighted by Crippen LogP contribution is -2.46. The van der Waals surface area contributed by atoms with Crippen molar-refractivity contribution in [3.8, 4) is 0 Å². The number of aliphatic carboxylic acids is 1. The topological polar surface area (TPSA) is 66.8 Å². The number of benzene rings is 1. The molecule has 1 amide bonds. The summed E-state index contributed by atoms with van der Waals surface area (Å²) >= 11 is 1.90. The van der Waals surface area contributed by atoms with Gasteiger partial charge in [-0.05, 0) is 47.7 Å². The molecule has 1 aromatic rings. The summed E-state index contributed by atoms with van der Waals surface area (Å²) in [7, 11) is 0. The van der Waals surface area contributed by atoms with E-state index in [1.807, 2.05) is 22.6 Å². The first kappa shape index (κ1) is 16.2. The fourth-order valence-electron chi connectivity index (χ4n) is 2.43. The molecule has 1 N–H and O–H groups in total. The first-order chi connectivity index (χ1) is 9.95. The van der Waals surface area contributed by atoms with E-state index in [9.17, 15) is 19.1 Å². The monoisotopic (exact) mass is 407 g/mol. The Morgan fingerprint density at radius 1 is 1.48 bits per heavy atom. The third-order valence-electron chi connectivity index (χ3n) is 3.53. The largest absolute Gasteiger partial charge is 0.481 e. The van der Waals surface area contributed by atoms with Gasteiger partial charge in [0.2, 0.25) is 0 Å². The van der Waals surface area contributed by atoms with Crippen molar-refractivity contribution in [2.45, 2.75) is 13.0 Å². The fourth-order valence-corrected chi connectivity index (χ4v) is 3.14. The van der Waals surface area contributed by atoms with Gasteiger partial charge < -0.3 is 14.7 Å². The third-order valence-corrected chi connectivity index (χ3v) is 4.42. The molecule has 1 aliphatic heterocycles. The molecule has 2 atom stereocenters. The number of carbonyl (C=O) groups is 2. The van der Waals surface area contributed by atoms with E-state index in [0.29, 0.717) is 15.7 Å². The Morgan fingerprint density at radius 2 is 2.19 bits per heavy atom. The first-order valence-corrected chi connectivity index (χ1v) is 7.60. The van der Waals surface area contributed by atoms with E-state index in [-0.39, 0.29) is 19.1 Å². The Morgan fingerprint density at radius 3 is 2.76 bits per heavy atom. The molecule has 7 heteroatoms. The van der Waals surface area contributed by atoms with Gasteiger partial charge in [0, 0.05) is 10.1 Å². The highest BCUT2D eigenvalue weighted by molar-refractivity contribution is 14.1.